The minimum absolute atomic E-state index is 0.0414. The molecule has 3 N–H and O–H groups in total. The van der Waals surface area contributed by atoms with Gasteiger partial charge in [0.05, 0.1) is 11.6 Å². The van der Waals surface area contributed by atoms with Crippen LogP contribution in [0.15, 0.2) is 30.5 Å². The van der Waals surface area contributed by atoms with E-state index in [1.165, 1.54) is 0 Å². The molecule has 3 rings (SSSR count). The standard InChI is InChI=1S/C18H24ClN5O/c1-13(20)18(25)24-10-8-23(9-11-24)7-6-22-16-4-5-21-17-12-14(19)2-3-15(16)17/h2-5,12-13H,6-11,20H2,1H3,(H,21,22). The third kappa shape index (κ3) is 4.39. The van der Waals surface area contributed by atoms with Gasteiger partial charge >= 0.3 is 0 Å². The molecule has 0 saturated carbocycles. The van der Waals surface area contributed by atoms with Crippen LogP contribution in [0.25, 0.3) is 10.9 Å². The van der Waals surface area contributed by atoms with Crippen LogP contribution < -0.4 is 11.1 Å². The fourth-order valence-electron chi connectivity index (χ4n) is 3.10. The molecular formula is C18H24ClN5O. The molecule has 1 aliphatic rings. The predicted octanol–water partition coefficient (Wildman–Crippen LogP) is 1.79. The average Bonchev–Trinajstić information content (AvgIpc) is 2.61. The van der Waals surface area contributed by atoms with Crippen molar-refractivity contribution in [3.63, 3.8) is 0 Å². The molecule has 25 heavy (non-hydrogen) atoms. The lowest BCUT2D eigenvalue weighted by molar-refractivity contribution is -0.133. The maximum atomic E-state index is 11.9. The third-order valence-electron chi connectivity index (χ3n) is 4.52. The maximum Gasteiger partial charge on any atom is 0.239 e. The van der Waals surface area contributed by atoms with Crippen molar-refractivity contribution in [2.45, 2.75) is 13.0 Å². The number of halogens is 1. The van der Waals surface area contributed by atoms with Gasteiger partial charge in [0.15, 0.2) is 0 Å². The van der Waals surface area contributed by atoms with Gasteiger partial charge in [-0.1, -0.05) is 11.6 Å². The highest BCUT2D eigenvalue weighted by atomic mass is 35.5. The second-order valence-corrected chi connectivity index (χ2v) is 6.84. The van der Waals surface area contributed by atoms with Crippen molar-refractivity contribution in [3.05, 3.63) is 35.5 Å². The van der Waals surface area contributed by atoms with Crippen molar-refractivity contribution in [3.8, 4) is 0 Å². The zero-order valence-electron chi connectivity index (χ0n) is 14.4. The lowest BCUT2D eigenvalue weighted by atomic mass is 10.2. The number of hydrogen-bond donors (Lipinski definition) is 2. The first-order valence-electron chi connectivity index (χ1n) is 8.59. The number of amides is 1. The van der Waals surface area contributed by atoms with E-state index >= 15 is 0 Å². The monoisotopic (exact) mass is 361 g/mol. The highest BCUT2D eigenvalue weighted by Crippen LogP contribution is 2.24. The number of benzene rings is 1. The Morgan fingerprint density at radius 1 is 1.32 bits per heavy atom. The van der Waals surface area contributed by atoms with E-state index < -0.39 is 6.04 Å². The molecule has 0 radical (unpaired) electrons. The zero-order chi connectivity index (χ0) is 17.8. The normalized spacial score (nSPS) is 16.8. The van der Waals surface area contributed by atoms with E-state index in [2.05, 4.69) is 15.2 Å². The first kappa shape index (κ1) is 17.9. The summed E-state index contributed by atoms with van der Waals surface area (Å²) >= 11 is 6.03. The van der Waals surface area contributed by atoms with Gasteiger partial charge in [0, 0.05) is 61.6 Å². The number of carbonyl (C=O) groups is 1. The molecule has 1 aromatic heterocycles. The number of aromatic nitrogens is 1. The summed E-state index contributed by atoms with van der Waals surface area (Å²) < 4.78 is 0. The lowest BCUT2D eigenvalue weighted by Gasteiger charge is -2.35. The van der Waals surface area contributed by atoms with Gasteiger partial charge in [0.25, 0.3) is 0 Å². The van der Waals surface area contributed by atoms with Crippen LogP contribution in [0, 0.1) is 0 Å². The van der Waals surface area contributed by atoms with Crippen LogP contribution in [0.4, 0.5) is 5.69 Å². The Morgan fingerprint density at radius 3 is 2.80 bits per heavy atom. The minimum atomic E-state index is -0.415. The fraction of sp³-hybridized carbons (Fsp3) is 0.444. The fourth-order valence-corrected chi connectivity index (χ4v) is 3.27. The van der Waals surface area contributed by atoms with E-state index in [-0.39, 0.29) is 5.91 Å². The summed E-state index contributed by atoms with van der Waals surface area (Å²) in [6.45, 7) is 6.76. The molecule has 0 bridgehead atoms. The van der Waals surface area contributed by atoms with Crippen molar-refractivity contribution in [2.75, 3.05) is 44.6 Å². The van der Waals surface area contributed by atoms with Crippen molar-refractivity contribution in [1.82, 2.24) is 14.8 Å². The topological polar surface area (TPSA) is 74.5 Å². The van der Waals surface area contributed by atoms with Crippen LogP contribution in [0.3, 0.4) is 0 Å². The van der Waals surface area contributed by atoms with E-state index in [4.69, 9.17) is 17.3 Å². The molecule has 1 saturated heterocycles. The molecule has 7 heteroatoms. The molecule has 0 aliphatic carbocycles. The van der Waals surface area contributed by atoms with E-state index in [1.54, 1.807) is 13.1 Å². The van der Waals surface area contributed by atoms with Gasteiger partial charge in [-0.25, -0.2) is 0 Å². The lowest BCUT2D eigenvalue weighted by Crippen LogP contribution is -2.53. The number of nitrogens with zero attached hydrogens (tertiary/aromatic N) is 3. The summed E-state index contributed by atoms with van der Waals surface area (Å²) in [7, 11) is 0. The van der Waals surface area contributed by atoms with E-state index in [1.807, 2.05) is 29.2 Å². The van der Waals surface area contributed by atoms with Crippen molar-refractivity contribution in [1.29, 1.82) is 0 Å². The molecular weight excluding hydrogens is 338 g/mol. The first-order chi connectivity index (χ1) is 12.0. The summed E-state index contributed by atoms with van der Waals surface area (Å²) in [6, 6.07) is 7.31. The molecule has 1 unspecified atom stereocenters. The Labute approximate surface area is 152 Å². The van der Waals surface area contributed by atoms with Gasteiger partial charge in [0.2, 0.25) is 5.91 Å². The van der Waals surface area contributed by atoms with Crippen LogP contribution in [-0.2, 0) is 4.79 Å². The van der Waals surface area contributed by atoms with Gasteiger partial charge in [-0.05, 0) is 31.2 Å². The largest absolute Gasteiger partial charge is 0.383 e. The smallest absolute Gasteiger partial charge is 0.239 e. The van der Waals surface area contributed by atoms with E-state index in [0.717, 1.165) is 55.9 Å². The summed E-state index contributed by atoms with van der Waals surface area (Å²) in [5.41, 5.74) is 7.62. The summed E-state index contributed by atoms with van der Waals surface area (Å²) in [6.07, 6.45) is 1.79. The van der Waals surface area contributed by atoms with E-state index in [0.29, 0.717) is 5.02 Å². The van der Waals surface area contributed by atoms with Crippen LogP contribution in [0.2, 0.25) is 5.02 Å². The number of fused-ring (bicyclic) bond motifs is 1. The third-order valence-corrected chi connectivity index (χ3v) is 4.76. The van der Waals surface area contributed by atoms with Crippen molar-refractivity contribution in [2.24, 2.45) is 5.73 Å². The van der Waals surface area contributed by atoms with Crippen LogP contribution in [0.1, 0.15) is 6.92 Å². The Balaban J connectivity index is 1.50. The molecule has 1 aliphatic heterocycles. The molecule has 1 atom stereocenters. The second kappa shape index (κ2) is 7.99. The molecule has 1 aromatic carbocycles. The number of rotatable bonds is 5. The number of piperazine rings is 1. The Hall–Kier alpha value is -1.89. The van der Waals surface area contributed by atoms with Crippen molar-refractivity contribution >= 4 is 34.1 Å². The highest BCUT2D eigenvalue weighted by Gasteiger charge is 2.22. The molecule has 2 heterocycles. The molecule has 6 nitrogen and oxygen atoms in total. The van der Waals surface area contributed by atoms with Crippen LogP contribution in [-0.4, -0.2) is 66.0 Å². The molecule has 2 aromatic rings. The Bertz CT molecular complexity index is 743. The summed E-state index contributed by atoms with van der Waals surface area (Å²) in [5, 5.41) is 5.24. The molecule has 0 spiro atoms. The predicted molar refractivity (Wildman–Crippen MR) is 102 cm³/mol. The van der Waals surface area contributed by atoms with Crippen LogP contribution >= 0.6 is 11.6 Å². The number of anilines is 1. The number of pyridine rings is 1. The highest BCUT2D eigenvalue weighted by molar-refractivity contribution is 6.31. The van der Waals surface area contributed by atoms with Gasteiger partial charge < -0.3 is 16.0 Å². The average molecular weight is 362 g/mol. The molecule has 1 amide bonds. The van der Waals surface area contributed by atoms with Gasteiger partial charge in [0.1, 0.15) is 0 Å². The van der Waals surface area contributed by atoms with E-state index in [9.17, 15) is 4.79 Å². The van der Waals surface area contributed by atoms with Crippen molar-refractivity contribution < 1.29 is 4.79 Å². The first-order valence-corrected chi connectivity index (χ1v) is 8.97. The maximum absolute atomic E-state index is 11.9. The van der Waals surface area contributed by atoms with Gasteiger partial charge in [-0.15, -0.1) is 0 Å². The van der Waals surface area contributed by atoms with Gasteiger partial charge in [-0.3, -0.25) is 14.7 Å². The summed E-state index contributed by atoms with van der Waals surface area (Å²) in [5.74, 6) is 0.0414. The SMILES string of the molecule is CC(N)C(=O)N1CCN(CCNc2ccnc3cc(Cl)ccc23)CC1. The number of carbonyl (C=O) groups excluding carboxylic acids is 1. The second-order valence-electron chi connectivity index (χ2n) is 6.40. The molecule has 134 valence electrons. The minimum Gasteiger partial charge on any atom is -0.383 e. The quantitative estimate of drug-likeness (QED) is 0.849. The number of nitrogens with two attached hydrogens (primary N) is 1. The Morgan fingerprint density at radius 2 is 2.08 bits per heavy atom. The zero-order valence-corrected chi connectivity index (χ0v) is 15.2. The number of nitrogens with one attached hydrogen (secondary N) is 1. The Kier molecular flexibility index (Phi) is 5.73. The number of hydrogen-bond acceptors (Lipinski definition) is 5. The molecule has 1 fully saturated rings. The van der Waals surface area contributed by atoms with Gasteiger partial charge in [-0.2, -0.15) is 0 Å². The van der Waals surface area contributed by atoms with Crippen LogP contribution in [0.5, 0.6) is 0 Å². The summed E-state index contributed by atoms with van der Waals surface area (Å²) in [4.78, 5) is 20.5.